The van der Waals surface area contributed by atoms with Crippen molar-refractivity contribution in [2.75, 3.05) is 10.6 Å². The number of benzene rings is 2. The second-order valence-electron chi connectivity index (χ2n) is 7.15. The van der Waals surface area contributed by atoms with Crippen LogP contribution in [0.15, 0.2) is 59.5 Å². The quantitative estimate of drug-likeness (QED) is 0.722. The Balaban J connectivity index is 1.44. The molecule has 1 aliphatic rings. The van der Waals surface area contributed by atoms with E-state index >= 15 is 0 Å². The molecule has 28 heavy (non-hydrogen) atoms. The van der Waals surface area contributed by atoms with Crippen LogP contribution in [0.4, 0.5) is 16.3 Å². The van der Waals surface area contributed by atoms with Crippen molar-refractivity contribution in [3.63, 3.8) is 0 Å². The summed E-state index contributed by atoms with van der Waals surface area (Å²) in [7, 11) is 0. The minimum Gasteiger partial charge on any atom is -0.355 e. The lowest BCUT2D eigenvalue weighted by molar-refractivity contribution is 0.00319. The van der Waals surface area contributed by atoms with Gasteiger partial charge in [0.25, 0.3) is 0 Å². The summed E-state index contributed by atoms with van der Waals surface area (Å²) in [6.07, 6.45) is 2.15. The van der Waals surface area contributed by atoms with E-state index in [1.54, 1.807) is 12.3 Å². The number of anilines is 2. The van der Waals surface area contributed by atoms with Crippen LogP contribution in [0.3, 0.4) is 0 Å². The Morgan fingerprint density at radius 3 is 2.61 bits per heavy atom. The predicted molar refractivity (Wildman–Crippen MR) is 108 cm³/mol. The molecule has 2 amide bonds. The first-order valence-electron chi connectivity index (χ1n) is 9.31. The van der Waals surface area contributed by atoms with Gasteiger partial charge in [-0.25, -0.2) is 9.59 Å². The van der Waals surface area contributed by atoms with Crippen molar-refractivity contribution >= 4 is 28.3 Å². The second kappa shape index (κ2) is 7.44. The third kappa shape index (κ3) is 3.75. The standard InChI is InChI=1S/C21H22N4O3/c1-13-11-19(28-14(13)2)25-10-9-18(24-21(25)27)23-20(26)22-17-8-7-15-5-3-4-6-16(15)12-17/h3-10,12-14,19H,11H2,1-2H3,(H2,22,23,24,26,27)/t13-,14?,19-/m1/s1. The van der Waals surface area contributed by atoms with Crippen LogP contribution in [0.25, 0.3) is 10.8 Å². The van der Waals surface area contributed by atoms with Gasteiger partial charge >= 0.3 is 11.7 Å². The maximum Gasteiger partial charge on any atom is 0.351 e. The Morgan fingerprint density at radius 2 is 1.89 bits per heavy atom. The summed E-state index contributed by atoms with van der Waals surface area (Å²) in [4.78, 5) is 28.5. The average molecular weight is 378 g/mol. The molecule has 0 radical (unpaired) electrons. The fourth-order valence-corrected chi connectivity index (χ4v) is 3.37. The molecule has 2 N–H and O–H groups in total. The van der Waals surface area contributed by atoms with Gasteiger partial charge in [-0.15, -0.1) is 0 Å². The van der Waals surface area contributed by atoms with Gasteiger partial charge in [-0.05, 0) is 48.2 Å². The molecule has 1 saturated heterocycles. The van der Waals surface area contributed by atoms with E-state index in [0.717, 1.165) is 17.2 Å². The fourth-order valence-electron chi connectivity index (χ4n) is 3.37. The Labute approximate surface area is 162 Å². The SMILES string of the molecule is CC1O[C@@H](n2ccc(NC(=O)Nc3ccc4ccccc4c3)nc2=O)C[C@H]1C. The van der Waals surface area contributed by atoms with Crippen LogP contribution < -0.4 is 16.3 Å². The van der Waals surface area contributed by atoms with Gasteiger partial charge in [-0.3, -0.25) is 9.88 Å². The van der Waals surface area contributed by atoms with Crippen molar-refractivity contribution in [1.29, 1.82) is 0 Å². The molecule has 3 atom stereocenters. The zero-order chi connectivity index (χ0) is 19.7. The smallest absolute Gasteiger partial charge is 0.351 e. The third-order valence-corrected chi connectivity index (χ3v) is 5.14. The lowest BCUT2D eigenvalue weighted by atomic mass is 10.1. The van der Waals surface area contributed by atoms with Crippen molar-refractivity contribution in [3.05, 3.63) is 65.2 Å². The number of nitrogens with one attached hydrogen (secondary N) is 2. The van der Waals surface area contributed by atoms with Crippen LogP contribution in [-0.4, -0.2) is 21.7 Å². The highest BCUT2D eigenvalue weighted by Crippen LogP contribution is 2.31. The molecular formula is C21H22N4O3. The highest BCUT2D eigenvalue weighted by molar-refractivity contribution is 6.00. The van der Waals surface area contributed by atoms with Gasteiger partial charge in [0.05, 0.1) is 6.10 Å². The zero-order valence-corrected chi connectivity index (χ0v) is 15.8. The largest absolute Gasteiger partial charge is 0.355 e. The molecule has 1 unspecified atom stereocenters. The minimum absolute atomic E-state index is 0.0995. The van der Waals surface area contributed by atoms with E-state index in [-0.39, 0.29) is 18.1 Å². The lowest BCUT2D eigenvalue weighted by Gasteiger charge is -2.14. The molecule has 0 aliphatic carbocycles. The third-order valence-electron chi connectivity index (χ3n) is 5.14. The first kappa shape index (κ1) is 18.2. The number of ether oxygens (including phenoxy) is 1. The summed E-state index contributed by atoms with van der Waals surface area (Å²) in [6, 6.07) is 14.7. The molecule has 4 rings (SSSR count). The van der Waals surface area contributed by atoms with Gasteiger partial charge in [0, 0.05) is 11.9 Å². The van der Waals surface area contributed by atoms with Gasteiger partial charge in [0.1, 0.15) is 12.0 Å². The Morgan fingerprint density at radius 1 is 1.11 bits per heavy atom. The molecule has 3 aromatic rings. The maximum atomic E-state index is 12.3. The number of rotatable bonds is 3. The first-order valence-corrected chi connectivity index (χ1v) is 9.31. The second-order valence-corrected chi connectivity index (χ2v) is 7.15. The average Bonchev–Trinajstić information content (AvgIpc) is 3.00. The van der Waals surface area contributed by atoms with E-state index in [1.165, 1.54) is 4.57 Å². The zero-order valence-electron chi connectivity index (χ0n) is 15.8. The van der Waals surface area contributed by atoms with E-state index < -0.39 is 11.7 Å². The van der Waals surface area contributed by atoms with Gasteiger partial charge in [0.15, 0.2) is 0 Å². The van der Waals surface area contributed by atoms with E-state index in [1.807, 2.05) is 49.4 Å². The highest BCUT2D eigenvalue weighted by Gasteiger charge is 2.30. The summed E-state index contributed by atoms with van der Waals surface area (Å²) >= 11 is 0. The van der Waals surface area contributed by atoms with Crippen LogP contribution in [0, 0.1) is 5.92 Å². The number of fused-ring (bicyclic) bond motifs is 1. The number of aromatic nitrogens is 2. The summed E-state index contributed by atoms with van der Waals surface area (Å²) in [6.45, 7) is 4.09. The fraction of sp³-hybridized carbons (Fsp3) is 0.286. The number of nitrogens with zero attached hydrogens (tertiary/aromatic N) is 2. The molecule has 7 heteroatoms. The monoisotopic (exact) mass is 378 g/mol. The predicted octanol–water partition coefficient (Wildman–Crippen LogP) is 3.98. The molecular weight excluding hydrogens is 356 g/mol. The Bertz CT molecular complexity index is 1070. The van der Waals surface area contributed by atoms with E-state index in [0.29, 0.717) is 11.6 Å². The van der Waals surface area contributed by atoms with E-state index in [2.05, 4.69) is 22.5 Å². The summed E-state index contributed by atoms with van der Waals surface area (Å²) in [5, 5.41) is 7.48. The number of hydrogen-bond acceptors (Lipinski definition) is 4. The molecule has 0 spiro atoms. The van der Waals surface area contributed by atoms with Gasteiger partial charge in [0.2, 0.25) is 0 Å². The molecule has 2 heterocycles. The summed E-state index contributed by atoms with van der Waals surface area (Å²) in [5.41, 5.74) is 0.210. The lowest BCUT2D eigenvalue weighted by Crippen LogP contribution is -2.29. The molecule has 0 bridgehead atoms. The van der Waals surface area contributed by atoms with Crippen LogP contribution in [0.5, 0.6) is 0 Å². The number of carbonyl (C=O) groups is 1. The molecule has 1 aromatic heterocycles. The molecule has 1 fully saturated rings. The number of urea groups is 1. The van der Waals surface area contributed by atoms with Crippen molar-refractivity contribution in [3.8, 4) is 0 Å². The Kier molecular flexibility index (Phi) is 4.83. The number of hydrogen-bond donors (Lipinski definition) is 2. The number of carbonyl (C=O) groups excluding carboxylic acids is 1. The van der Waals surface area contributed by atoms with Crippen LogP contribution >= 0.6 is 0 Å². The van der Waals surface area contributed by atoms with Crippen molar-refractivity contribution in [2.24, 2.45) is 5.92 Å². The highest BCUT2D eigenvalue weighted by atomic mass is 16.5. The molecule has 2 aromatic carbocycles. The minimum atomic E-state index is -0.459. The van der Waals surface area contributed by atoms with Gasteiger partial charge in [-0.1, -0.05) is 37.3 Å². The Hall–Kier alpha value is -3.19. The van der Waals surface area contributed by atoms with Crippen LogP contribution in [0.2, 0.25) is 0 Å². The summed E-state index contributed by atoms with van der Waals surface area (Å²) < 4.78 is 7.26. The summed E-state index contributed by atoms with van der Waals surface area (Å²) in [5.74, 6) is 0.570. The van der Waals surface area contributed by atoms with Crippen molar-refractivity contribution < 1.29 is 9.53 Å². The van der Waals surface area contributed by atoms with E-state index in [4.69, 9.17) is 4.74 Å². The van der Waals surface area contributed by atoms with Gasteiger partial charge < -0.3 is 10.1 Å². The topological polar surface area (TPSA) is 85.2 Å². The van der Waals surface area contributed by atoms with Crippen molar-refractivity contribution in [1.82, 2.24) is 9.55 Å². The van der Waals surface area contributed by atoms with Gasteiger partial charge in [-0.2, -0.15) is 4.98 Å². The van der Waals surface area contributed by atoms with Crippen molar-refractivity contribution in [2.45, 2.75) is 32.6 Å². The van der Waals surface area contributed by atoms with Crippen LogP contribution in [-0.2, 0) is 4.74 Å². The normalized spacial score (nSPS) is 21.6. The molecule has 1 aliphatic heterocycles. The first-order chi connectivity index (χ1) is 13.5. The maximum absolute atomic E-state index is 12.3. The molecule has 7 nitrogen and oxygen atoms in total. The molecule has 0 saturated carbocycles. The van der Waals surface area contributed by atoms with E-state index in [9.17, 15) is 9.59 Å². The molecule has 144 valence electrons. The van der Waals surface area contributed by atoms with Crippen LogP contribution in [0.1, 0.15) is 26.5 Å². The number of amides is 2.